The molecule has 176 valence electrons. The average molecular weight is 456 g/mol. The predicted molar refractivity (Wildman–Crippen MR) is 121 cm³/mol. The van der Waals surface area contributed by atoms with Gasteiger partial charge in [0.05, 0.1) is 45.4 Å². The molecule has 1 fully saturated rings. The minimum absolute atomic E-state index is 0.0223. The van der Waals surface area contributed by atoms with E-state index in [2.05, 4.69) is 9.97 Å². The van der Waals surface area contributed by atoms with Crippen LogP contribution in [0.2, 0.25) is 0 Å². The number of ether oxygens (including phenoxy) is 5. The Bertz CT molecular complexity index is 1050. The maximum absolute atomic E-state index is 11.6. The van der Waals surface area contributed by atoms with E-state index in [-0.39, 0.29) is 30.0 Å². The molecule has 0 radical (unpaired) electrons. The fraction of sp³-hybridized carbons (Fsp3) is 0.500. The Hall–Kier alpha value is -3.36. The highest BCUT2D eigenvalue weighted by Gasteiger charge is 2.39. The number of nitrogens with zero attached hydrogens (tertiary/aromatic N) is 3. The summed E-state index contributed by atoms with van der Waals surface area (Å²) in [6.07, 6.45) is 2.12. The molecule has 0 bridgehead atoms. The molecule has 1 aliphatic heterocycles. The Labute approximate surface area is 193 Å². The summed E-state index contributed by atoms with van der Waals surface area (Å²) in [5.74, 6) is 1.49. The summed E-state index contributed by atoms with van der Waals surface area (Å²) >= 11 is 0. The lowest BCUT2D eigenvalue weighted by atomic mass is 9.74. The van der Waals surface area contributed by atoms with Crippen molar-refractivity contribution < 1.29 is 28.5 Å². The van der Waals surface area contributed by atoms with Crippen molar-refractivity contribution >= 4 is 11.7 Å². The number of fused-ring (bicyclic) bond motifs is 3. The lowest BCUT2D eigenvalue weighted by Crippen LogP contribution is -2.36. The summed E-state index contributed by atoms with van der Waals surface area (Å²) in [6, 6.07) is 5.93. The number of aliphatic imine (C=N–C) groups is 1. The summed E-state index contributed by atoms with van der Waals surface area (Å²) < 4.78 is 27.7. The first-order chi connectivity index (χ1) is 16.0. The molecule has 1 saturated carbocycles. The Balaban J connectivity index is 1.86. The quantitative estimate of drug-likeness (QED) is 0.586. The minimum Gasteiger partial charge on any atom is -0.493 e. The molecule has 2 aromatic rings. The van der Waals surface area contributed by atoms with Crippen LogP contribution in [0.1, 0.15) is 55.8 Å². The van der Waals surface area contributed by atoms with Crippen LogP contribution in [-0.4, -0.2) is 61.7 Å². The van der Waals surface area contributed by atoms with Crippen molar-refractivity contribution in [2.24, 2.45) is 4.99 Å². The molecule has 1 aromatic carbocycles. The Morgan fingerprint density at radius 1 is 1.03 bits per heavy atom. The van der Waals surface area contributed by atoms with Gasteiger partial charge in [0.15, 0.2) is 11.5 Å². The van der Waals surface area contributed by atoms with Gasteiger partial charge in [0.25, 0.3) is 0 Å². The molecular formula is C24H29N3O6. The average Bonchev–Trinajstić information content (AvgIpc) is 2.82. The molecule has 1 aromatic heterocycles. The van der Waals surface area contributed by atoms with Gasteiger partial charge in [0, 0.05) is 24.5 Å². The highest BCUT2D eigenvalue weighted by molar-refractivity contribution is 6.14. The topological polar surface area (TPSA) is 101 Å². The van der Waals surface area contributed by atoms with Gasteiger partial charge in [-0.05, 0) is 43.9 Å². The molecule has 3 atom stereocenters. The third-order valence-corrected chi connectivity index (χ3v) is 6.00. The van der Waals surface area contributed by atoms with Gasteiger partial charge < -0.3 is 23.7 Å². The third kappa shape index (κ3) is 4.58. The van der Waals surface area contributed by atoms with Crippen molar-refractivity contribution in [1.82, 2.24) is 9.97 Å². The zero-order valence-corrected chi connectivity index (χ0v) is 19.6. The van der Waals surface area contributed by atoms with Crippen molar-refractivity contribution in [2.75, 3.05) is 27.9 Å². The lowest BCUT2D eigenvalue weighted by molar-refractivity contribution is -0.148. The first-order valence-corrected chi connectivity index (χ1v) is 11.0. The molecule has 0 spiro atoms. The molecule has 2 heterocycles. The van der Waals surface area contributed by atoms with Crippen LogP contribution < -0.4 is 18.9 Å². The summed E-state index contributed by atoms with van der Waals surface area (Å²) in [4.78, 5) is 25.4. The molecule has 2 aliphatic rings. The van der Waals surface area contributed by atoms with Crippen LogP contribution in [0.15, 0.2) is 23.2 Å². The van der Waals surface area contributed by atoms with Crippen LogP contribution in [0.4, 0.5) is 0 Å². The second kappa shape index (κ2) is 9.64. The van der Waals surface area contributed by atoms with E-state index >= 15 is 0 Å². The molecule has 0 amide bonds. The van der Waals surface area contributed by atoms with Crippen LogP contribution >= 0.6 is 0 Å². The monoisotopic (exact) mass is 455 g/mol. The van der Waals surface area contributed by atoms with E-state index in [1.165, 1.54) is 14.0 Å². The molecular weight excluding hydrogens is 426 g/mol. The van der Waals surface area contributed by atoms with E-state index < -0.39 is 0 Å². The van der Waals surface area contributed by atoms with Crippen LogP contribution in [0.25, 0.3) is 0 Å². The number of carbonyl (C=O) groups excluding carboxylic acids is 1. The van der Waals surface area contributed by atoms with Gasteiger partial charge in [-0.1, -0.05) is 0 Å². The standard InChI is InChI=1S/C24H29N3O6/c1-6-32-21-10-15-16-9-14(33-13(2)28)7-8-18(16)25-23(17(15)11-20(21)29-3)19-12-22(30-4)27-24(26-19)31-5/h10-12,14,16,18H,6-9H2,1-5H3. The van der Waals surface area contributed by atoms with E-state index in [0.717, 1.165) is 29.7 Å². The van der Waals surface area contributed by atoms with Crippen molar-refractivity contribution in [3.05, 3.63) is 35.0 Å². The van der Waals surface area contributed by atoms with Crippen LogP contribution in [0.5, 0.6) is 23.4 Å². The Morgan fingerprint density at radius 2 is 1.85 bits per heavy atom. The van der Waals surface area contributed by atoms with E-state index in [9.17, 15) is 4.79 Å². The molecule has 0 saturated heterocycles. The highest BCUT2D eigenvalue weighted by atomic mass is 16.5. The zero-order valence-electron chi connectivity index (χ0n) is 19.6. The van der Waals surface area contributed by atoms with E-state index in [1.54, 1.807) is 20.3 Å². The van der Waals surface area contributed by atoms with Gasteiger partial charge in [-0.3, -0.25) is 9.79 Å². The van der Waals surface area contributed by atoms with Gasteiger partial charge >= 0.3 is 12.0 Å². The summed E-state index contributed by atoms with van der Waals surface area (Å²) in [5, 5.41) is 0. The van der Waals surface area contributed by atoms with Gasteiger partial charge in [0.1, 0.15) is 6.10 Å². The maximum atomic E-state index is 11.6. The first-order valence-electron chi connectivity index (χ1n) is 11.0. The number of benzene rings is 1. The Kier molecular flexibility index (Phi) is 6.67. The van der Waals surface area contributed by atoms with Crippen molar-refractivity contribution in [3.63, 3.8) is 0 Å². The molecule has 9 heteroatoms. The summed E-state index contributed by atoms with van der Waals surface area (Å²) in [6.45, 7) is 3.90. The molecule has 4 rings (SSSR count). The van der Waals surface area contributed by atoms with Crippen LogP contribution in [0.3, 0.4) is 0 Å². The lowest BCUT2D eigenvalue weighted by Gasteiger charge is -2.38. The van der Waals surface area contributed by atoms with Gasteiger partial charge in [-0.15, -0.1) is 0 Å². The first kappa shape index (κ1) is 22.8. The molecule has 9 nitrogen and oxygen atoms in total. The van der Waals surface area contributed by atoms with Crippen molar-refractivity contribution in [3.8, 4) is 23.4 Å². The van der Waals surface area contributed by atoms with Gasteiger partial charge in [-0.25, -0.2) is 0 Å². The number of methoxy groups -OCH3 is 3. The van der Waals surface area contributed by atoms with Crippen molar-refractivity contribution in [1.29, 1.82) is 0 Å². The molecule has 1 aliphatic carbocycles. The normalized spacial score (nSPS) is 21.2. The number of carbonyl (C=O) groups is 1. The fourth-order valence-corrected chi connectivity index (χ4v) is 4.62. The fourth-order valence-electron chi connectivity index (χ4n) is 4.62. The van der Waals surface area contributed by atoms with Crippen LogP contribution in [0, 0.1) is 0 Å². The Morgan fingerprint density at radius 3 is 2.52 bits per heavy atom. The molecule has 33 heavy (non-hydrogen) atoms. The highest BCUT2D eigenvalue weighted by Crippen LogP contribution is 2.45. The molecule has 3 unspecified atom stereocenters. The number of hydrogen-bond acceptors (Lipinski definition) is 9. The summed E-state index contributed by atoms with van der Waals surface area (Å²) in [7, 11) is 4.67. The van der Waals surface area contributed by atoms with Gasteiger partial charge in [-0.2, -0.15) is 9.97 Å². The number of esters is 1. The SMILES string of the molecule is CCOc1cc2c(cc1OC)C(c1cc(OC)nc(OC)n1)=NC1CCC(OC(C)=O)CC21. The molecule has 0 N–H and O–H groups in total. The van der Waals surface area contributed by atoms with E-state index in [0.29, 0.717) is 36.1 Å². The maximum Gasteiger partial charge on any atom is 0.320 e. The zero-order chi connectivity index (χ0) is 23.5. The largest absolute Gasteiger partial charge is 0.493 e. The summed E-state index contributed by atoms with van der Waals surface area (Å²) in [5.41, 5.74) is 3.29. The predicted octanol–water partition coefficient (Wildman–Crippen LogP) is 3.32. The van der Waals surface area contributed by atoms with Crippen LogP contribution in [-0.2, 0) is 9.53 Å². The third-order valence-electron chi connectivity index (χ3n) is 6.00. The second-order valence-electron chi connectivity index (χ2n) is 8.00. The second-order valence-corrected chi connectivity index (χ2v) is 8.00. The van der Waals surface area contributed by atoms with E-state index in [4.69, 9.17) is 28.7 Å². The number of rotatable bonds is 7. The number of hydrogen-bond donors (Lipinski definition) is 0. The van der Waals surface area contributed by atoms with Gasteiger partial charge in [0.2, 0.25) is 5.88 Å². The minimum atomic E-state index is -0.261. The van der Waals surface area contributed by atoms with E-state index in [1.807, 2.05) is 19.1 Å². The van der Waals surface area contributed by atoms with Crippen molar-refractivity contribution in [2.45, 2.75) is 51.2 Å². The number of aromatic nitrogens is 2. The smallest absolute Gasteiger partial charge is 0.320 e.